The molecule has 0 aliphatic carbocycles. The van der Waals surface area contributed by atoms with Crippen molar-refractivity contribution < 1.29 is 4.79 Å². The van der Waals surface area contributed by atoms with Crippen LogP contribution in [0, 0.1) is 6.92 Å². The molecule has 1 aromatic carbocycles. The number of likely N-dealkylation sites (tertiary alicyclic amines) is 2. The van der Waals surface area contributed by atoms with Crippen LogP contribution >= 0.6 is 0 Å². The number of hydrogen-bond acceptors (Lipinski definition) is 4. The summed E-state index contributed by atoms with van der Waals surface area (Å²) in [6.45, 7) is 4.96. The molecule has 2 fully saturated rings. The largest absolute Gasteiger partial charge is 0.330 e. The molecule has 2 aliphatic heterocycles. The lowest BCUT2D eigenvalue weighted by Gasteiger charge is -2.45. The first kappa shape index (κ1) is 19.1. The summed E-state index contributed by atoms with van der Waals surface area (Å²) in [7, 11) is 2.23. The first-order valence-electron chi connectivity index (χ1n) is 10.4. The summed E-state index contributed by atoms with van der Waals surface area (Å²) >= 11 is 0. The number of nitrogens with zero attached hydrogens (tertiary/aromatic N) is 4. The van der Waals surface area contributed by atoms with Crippen molar-refractivity contribution in [1.29, 1.82) is 0 Å². The fraction of sp³-hybridized carbons (Fsp3) is 0.522. The third-order valence-electron chi connectivity index (χ3n) is 6.71. The highest BCUT2D eigenvalue weighted by Crippen LogP contribution is 2.47. The molecule has 0 radical (unpaired) electrons. The van der Waals surface area contributed by atoms with E-state index in [4.69, 9.17) is 0 Å². The lowest BCUT2D eigenvalue weighted by atomic mass is 9.83. The summed E-state index contributed by atoms with van der Waals surface area (Å²) in [6.07, 6.45) is 8.82. The van der Waals surface area contributed by atoms with E-state index in [9.17, 15) is 4.79 Å². The Kier molecular flexibility index (Phi) is 5.19. The van der Waals surface area contributed by atoms with Gasteiger partial charge in [0.1, 0.15) is 5.69 Å². The first-order chi connectivity index (χ1) is 13.5. The Morgan fingerprint density at radius 2 is 1.89 bits per heavy atom. The average molecular weight is 379 g/mol. The smallest absolute Gasteiger partial charge is 0.274 e. The number of benzene rings is 1. The van der Waals surface area contributed by atoms with Crippen LogP contribution in [-0.4, -0.2) is 50.8 Å². The van der Waals surface area contributed by atoms with Gasteiger partial charge >= 0.3 is 0 Å². The van der Waals surface area contributed by atoms with E-state index in [2.05, 4.69) is 64.1 Å². The molecule has 5 heteroatoms. The van der Waals surface area contributed by atoms with E-state index in [1.165, 1.54) is 18.4 Å². The van der Waals surface area contributed by atoms with Gasteiger partial charge in [0.2, 0.25) is 0 Å². The molecule has 2 aromatic rings. The van der Waals surface area contributed by atoms with Crippen LogP contribution in [0.1, 0.15) is 66.8 Å². The van der Waals surface area contributed by atoms with Crippen LogP contribution in [0.25, 0.3) is 0 Å². The average Bonchev–Trinajstić information content (AvgIpc) is 2.94. The van der Waals surface area contributed by atoms with Crippen molar-refractivity contribution in [2.75, 3.05) is 13.6 Å². The molecule has 2 saturated heterocycles. The number of fused-ring (bicyclic) bond motifs is 1. The number of carbonyl (C=O) groups is 1. The Bertz CT molecular complexity index is 822. The number of likely N-dealkylation sites (N-methyl/N-ethyl adjacent to an activating group) is 1. The summed E-state index contributed by atoms with van der Waals surface area (Å²) in [4.78, 5) is 26.8. The zero-order chi connectivity index (χ0) is 19.7. The molecule has 3 heterocycles. The van der Waals surface area contributed by atoms with Crippen LogP contribution in [0.15, 0.2) is 42.7 Å². The van der Waals surface area contributed by atoms with E-state index in [1.54, 1.807) is 12.4 Å². The van der Waals surface area contributed by atoms with E-state index >= 15 is 0 Å². The van der Waals surface area contributed by atoms with Crippen LogP contribution in [-0.2, 0) is 0 Å². The van der Waals surface area contributed by atoms with Crippen molar-refractivity contribution in [3.63, 3.8) is 0 Å². The van der Waals surface area contributed by atoms with Gasteiger partial charge in [0.15, 0.2) is 0 Å². The second kappa shape index (κ2) is 7.63. The summed E-state index contributed by atoms with van der Waals surface area (Å²) < 4.78 is 0. The van der Waals surface area contributed by atoms with Crippen molar-refractivity contribution in [3.05, 3.63) is 59.7 Å². The predicted octanol–water partition coefficient (Wildman–Crippen LogP) is 4.01. The van der Waals surface area contributed by atoms with Gasteiger partial charge in [0.05, 0.1) is 17.4 Å². The Balaban J connectivity index is 1.70. The molecule has 5 nitrogen and oxygen atoms in total. The van der Waals surface area contributed by atoms with Gasteiger partial charge in [-0.2, -0.15) is 0 Å². The van der Waals surface area contributed by atoms with E-state index in [0.29, 0.717) is 17.8 Å². The highest BCUT2D eigenvalue weighted by atomic mass is 16.2. The third-order valence-corrected chi connectivity index (χ3v) is 6.71. The molecule has 3 atom stereocenters. The van der Waals surface area contributed by atoms with Gasteiger partial charge in [0.25, 0.3) is 5.91 Å². The highest BCUT2D eigenvalue weighted by molar-refractivity contribution is 5.92. The molecule has 28 heavy (non-hydrogen) atoms. The van der Waals surface area contributed by atoms with E-state index in [-0.39, 0.29) is 11.4 Å². The fourth-order valence-corrected chi connectivity index (χ4v) is 5.17. The van der Waals surface area contributed by atoms with E-state index in [1.807, 2.05) is 6.92 Å². The molecule has 0 saturated carbocycles. The molecule has 0 spiro atoms. The van der Waals surface area contributed by atoms with Crippen LogP contribution in [0.3, 0.4) is 0 Å². The fourth-order valence-electron chi connectivity index (χ4n) is 5.17. The van der Waals surface area contributed by atoms with Crippen molar-refractivity contribution in [3.8, 4) is 0 Å². The molecule has 2 aliphatic rings. The maximum absolute atomic E-state index is 13.5. The minimum atomic E-state index is -0.209. The van der Waals surface area contributed by atoms with E-state index < -0.39 is 0 Å². The molecule has 148 valence electrons. The Morgan fingerprint density at radius 1 is 1.11 bits per heavy atom. The Morgan fingerprint density at radius 3 is 2.61 bits per heavy atom. The lowest BCUT2D eigenvalue weighted by Crippen LogP contribution is -2.57. The number of aryl methyl sites for hydroxylation is 1. The minimum absolute atomic E-state index is 0.0176. The number of hydrogen-bond donors (Lipinski definition) is 0. The zero-order valence-corrected chi connectivity index (χ0v) is 17.1. The third kappa shape index (κ3) is 3.32. The molecule has 0 bridgehead atoms. The Labute approximate surface area is 167 Å². The maximum Gasteiger partial charge on any atom is 0.274 e. The summed E-state index contributed by atoms with van der Waals surface area (Å²) in [5.74, 6) is 0.0176. The monoisotopic (exact) mass is 378 g/mol. The summed E-state index contributed by atoms with van der Waals surface area (Å²) in [6, 6.07) is 11.4. The van der Waals surface area contributed by atoms with Gasteiger partial charge in [-0.3, -0.25) is 14.7 Å². The summed E-state index contributed by atoms with van der Waals surface area (Å²) in [5, 5.41) is 0. The zero-order valence-electron chi connectivity index (χ0n) is 17.1. The number of aromatic nitrogens is 2. The van der Waals surface area contributed by atoms with Gasteiger partial charge in [-0.15, -0.1) is 0 Å². The minimum Gasteiger partial charge on any atom is -0.330 e. The molecule has 1 aromatic heterocycles. The molecule has 0 unspecified atom stereocenters. The second-order valence-electron chi connectivity index (χ2n) is 8.52. The Hall–Kier alpha value is -2.27. The second-order valence-corrected chi connectivity index (χ2v) is 8.52. The SMILES string of the molecule is Cc1cnc(C(=O)N2CCCCC[C@@H]3N(C)[C@H](c4ccccc4)C[C@@]32C)cn1. The summed E-state index contributed by atoms with van der Waals surface area (Å²) in [5.41, 5.74) is 2.41. The standard InChI is InChI=1S/C23H30N4O/c1-17-15-25-19(16-24-17)22(28)27-13-9-5-8-12-21-23(27,2)14-20(26(21)3)18-10-6-4-7-11-18/h4,6-7,10-11,15-16,20-21H,5,8-9,12-14H2,1-3H3/t20-,21-,23-/m0/s1. The lowest BCUT2D eigenvalue weighted by molar-refractivity contribution is 0.0336. The van der Waals surface area contributed by atoms with Crippen LogP contribution < -0.4 is 0 Å². The van der Waals surface area contributed by atoms with E-state index in [0.717, 1.165) is 31.5 Å². The molecular weight excluding hydrogens is 348 g/mol. The molecular formula is C23H30N4O. The van der Waals surface area contributed by atoms with Crippen LogP contribution in [0.4, 0.5) is 0 Å². The van der Waals surface area contributed by atoms with Crippen LogP contribution in [0.5, 0.6) is 0 Å². The molecule has 4 rings (SSSR count). The number of carbonyl (C=O) groups excluding carboxylic acids is 1. The predicted molar refractivity (Wildman–Crippen MR) is 110 cm³/mol. The van der Waals surface area contributed by atoms with Crippen LogP contribution in [0.2, 0.25) is 0 Å². The topological polar surface area (TPSA) is 49.3 Å². The molecule has 1 amide bonds. The van der Waals surface area contributed by atoms with Gasteiger partial charge in [-0.05, 0) is 45.7 Å². The number of amides is 1. The van der Waals surface area contributed by atoms with Crippen molar-refractivity contribution in [2.24, 2.45) is 0 Å². The normalized spacial score (nSPS) is 28.5. The quantitative estimate of drug-likeness (QED) is 0.792. The van der Waals surface area contributed by atoms with Gasteiger partial charge in [0, 0.05) is 24.8 Å². The van der Waals surface area contributed by atoms with Gasteiger partial charge in [-0.25, -0.2) is 4.98 Å². The van der Waals surface area contributed by atoms with Crippen molar-refractivity contribution in [1.82, 2.24) is 19.8 Å². The highest BCUT2D eigenvalue weighted by Gasteiger charge is 2.52. The van der Waals surface area contributed by atoms with Crippen molar-refractivity contribution >= 4 is 5.91 Å². The number of rotatable bonds is 2. The van der Waals surface area contributed by atoms with Gasteiger partial charge in [-0.1, -0.05) is 43.2 Å². The first-order valence-corrected chi connectivity index (χ1v) is 10.4. The van der Waals surface area contributed by atoms with Gasteiger partial charge < -0.3 is 4.90 Å². The van der Waals surface area contributed by atoms with Crippen molar-refractivity contribution in [2.45, 2.75) is 63.6 Å². The maximum atomic E-state index is 13.5. The molecule has 0 N–H and O–H groups in total.